The van der Waals surface area contributed by atoms with Gasteiger partial charge in [-0.15, -0.1) is 23.7 Å². The van der Waals surface area contributed by atoms with Crippen molar-refractivity contribution in [3.05, 3.63) is 22.4 Å². The maximum absolute atomic E-state index is 12.0. The van der Waals surface area contributed by atoms with E-state index in [1.165, 1.54) is 17.7 Å². The molecule has 1 aromatic heterocycles. The van der Waals surface area contributed by atoms with Crippen molar-refractivity contribution in [2.75, 3.05) is 20.1 Å². The SMILES string of the molecule is CN(Cc1cccs1)C(=O)CCC1CCNCC1.Cl. The summed E-state index contributed by atoms with van der Waals surface area (Å²) in [6, 6.07) is 4.12. The van der Waals surface area contributed by atoms with Crippen molar-refractivity contribution in [1.82, 2.24) is 10.2 Å². The zero-order valence-corrected chi connectivity index (χ0v) is 13.1. The molecule has 1 aliphatic rings. The molecule has 108 valence electrons. The van der Waals surface area contributed by atoms with E-state index >= 15 is 0 Å². The van der Waals surface area contributed by atoms with Crippen LogP contribution in [0.1, 0.15) is 30.6 Å². The van der Waals surface area contributed by atoms with E-state index in [1.54, 1.807) is 11.3 Å². The average Bonchev–Trinajstić information content (AvgIpc) is 2.90. The van der Waals surface area contributed by atoms with Gasteiger partial charge in [0.15, 0.2) is 0 Å². The second kappa shape index (κ2) is 8.56. The maximum Gasteiger partial charge on any atom is 0.222 e. The van der Waals surface area contributed by atoms with Crippen molar-refractivity contribution in [3.63, 3.8) is 0 Å². The first-order valence-electron chi connectivity index (χ1n) is 6.73. The second-order valence-electron chi connectivity index (χ2n) is 5.06. The average molecular weight is 303 g/mol. The lowest BCUT2D eigenvalue weighted by atomic mass is 9.93. The third-order valence-electron chi connectivity index (χ3n) is 3.62. The molecule has 1 aromatic rings. The van der Waals surface area contributed by atoms with Crippen LogP contribution in [0.25, 0.3) is 0 Å². The number of piperidine rings is 1. The van der Waals surface area contributed by atoms with Gasteiger partial charge in [-0.25, -0.2) is 0 Å². The van der Waals surface area contributed by atoms with Crippen molar-refractivity contribution in [1.29, 1.82) is 0 Å². The van der Waals surface area contributed by atoms with Crippen LogP contribution in [0, 0.1) is 5.92 Å². The summed E-state index contributed by atoms with van der Waals surface area (Å²) >= 11 is 1.71. The van der Waals surface area contributed by atoms with Gasteiger partial charge >= 0.3 is 0 Å². The fourth-order valence-corrected chi connectivity index (χ4v) is 3.17. The Hall–Kier alpha value is -0.580. The van der Waals surface area contributed by atoms with Gasteiger partial charge < -0.3 is 10.2 Å². The highest BCUT2D eigenvalue weighted by atomic mass is 35.5. The number of carbonyl (C=O) groups excluding carboxylic acids is 1. The monoisotopic (exact) mass is 302 g/mol. The standard InChI is InChI=1S/C14H22N2OS.ClH/c1-16(11-13-3-2-10-18-13)14(17)5-4-12-6-8-15-9-7-12;/h2-3,10,12,15H,4-9,11H2,1H3;1H. The van der Waals surface area contributed by atoms with Crippen LogP contribution in [0.15, 0.2) is 17.5 Å². The van der Waals surface area contributed by atoms with Crippen molar-refractivity contribution >= 4 is 29.7 Å². The first-order valence-corrected chi connectivity index (χ1v) is 7.60. The summed E-state index contributed by atoms with van der Waals surface area (Å²) in [4.78, 5) is 15.1. The molecule has 19 heavy (non-hydrogen) atoms. The van der Waals surface area contributed by atoms with Crippen molar-refractivity contribution in [2.45, 2.75) is 32.2 Å². The summed E-state index contributed by atoms with van der Waals surface area (Å²) in [5, 5.41) is 5.42. The van der Waals surface area contributed by atoms with Gasteiger partial charge in [-0.05, 0) is 49.7 Å². The van der Waals surface area contributed by atoms with Crippen molar-refractivity contribution in [2.24, 2.45) is 5.92 Å². The number of rotatable bonds is 5. The van der Waals surface area contributed by atoms with Crippen LogP contribution in [0.2, 0.25) is 0 Å². The Morgan fingerprint density at radius 3 is 2.84 bits per heavy atom. The van der Waals surface area contributed by atoms with Crippen LogP contribution in [-0.4, -0.2) is 30.9 Å². The van der Waals surface area contributed by atoms with E-state index in [0.29, 0.717) is 6.42 Å². The highest BCUT2D eigenvalue weighted by Crippen LogP contribution is 2.19. The summed E-state index contributed by atoms with van der Waals surface area (Å²) in [6.07, 6.45) is 4.20. The number of nitrogens with one attached hydrogen (secondary N) is 1. The minimum Gasteiger partial charge on any atom is -0.341 e. The summed E-state index contributed by atoms with van der Waals surface area (Å²) in [5.41, 5.74) is 0. The molecule has 0 bridgehead atoms. The molecule has 0 spiro atoms. The summed E-state index contributed by atoms with van der Waals surface area (Å²) in [7, 11) is 1.91. The lowest BCUT2D eigenvalue weighted by Crippen LogP contribution is -2.30. The van der Waals surface area contributed by atoms with Gasteiger partial charge in [0.2, 0.25) is 5.91 Å². The molecule has 1 saturated heterocycles. The molecule has 1 N–H and O–H groups in total. The fraction of sp³-hybridized carbons (Fsp3) is 0.643. The minimum atomic E-state index is 0. The van der Waals surface area contributed by atoms with E-state index in [1.807, 2.05) is 18.0 Å². The van der Waals surface area contributed by atoms with Crippen LogP contribution in [-0.2, 0) is 11.3 Å². The first-order chi connectivity index (χ1) is 8.75. The normalized spacial score (nSPS) is 15.8. The third-order valence-corrected chi connectivity index (χ3v) is 4.49. The molecule has 0 unspecified atom stereocenters. The van der Waals surface area contributed by atoms with E-state index in [0.717, 1.165) is 32.0 Å². The maximum atomic E-state index is 12.0. The zero-order chi connectivity index (χ0) is 12.8. The van der Waals surface area contributed by atoms with Crippen LogP contribution in [0.5, 0.6) is 0 Å². The molecule has 5 heteroatoms. The smallest absolute Gasteiger partial charge is 0.222 e. The Balaban J connectivity index is 0.00000180. The van der Waals surface area contributed by atoms with Gasteiger partial charge in [0.1, 0.15) is 0 Å². The lowest BCUT2D eigenvalue weighted by Gasteiger charge is -2.23. The van der Waals surface area contributed by atoms with Crippen LogP contribution in [0.4, 0.5) is 0 Å². The van der Waals surface area contributed by atoms with E-state index in [4.69, 9.17) is 0 Å². The number of nitrogens with zero attached hydrogens (tertiary/aromatic N) is 1. The van der Waals surface area contributed by atoms with Gasteiger partial charge in [0, 0.05) is 18.3 Å². The molecule has 0 saturated carbocycles. The molecular weight excluding hydrogens is 280 g/mol. The van der Waals surface area contributed by atoms with Crippen LogP contribution < -0.4 is 5.32 Å². The summed E-state index contributed by atoms with van der Waals surface area (Å²) in [5.74, 6) is 1.02. The Bertz CT molecular complexity index is 364. The Kier molecular flexibility index (Phi) is 7.42. The number of carbonyl (C=O) groups is 1. The van der Waals surface area contributed by atoms with Gasteiger partial charge in [-0.2, -0.15) is 0 Å². The predicted molar refractivity (Wildman–Crippen MR) is 82.9 cm³/mol. The molecule has 1 aliphatic heterocycles. The van der Waals surface area contributed by atoms with E-state index in [2.05, 4.69) is 16.8 Å². The number of hydrogen-bond acceptors (Lipinski definition) is 3. The largest absolute Gasteiger partial charge is 0.341 e. The molecule has 0 aliphatic carbocycles. The summed E-state index contributed by atoms with van der Waals surface area (Å²) in [6.45, 7) is 2.98. The minimum absolute atomic E-state index is 0. The summed E-state index contributed by atoms with van der Waals surface area (Å²) < 4.78 is 0. The van der Waals surface area contributed by atoms with Crippen molar-refractivity contribution in [3.8, 4) is 0 Å². The van der Waals surface area contributed by atoms with Gasteiger partial charge in [-0.1, -0.05) is 6.07 Å². The molecular formula is C14H23ClN2OS. The van der Waals surface area contributed by atoms with Crippen molar-refractivity contribution < 1.29 is 4.79 Å². The number of amides is 1. The van der Waals surface area contributed by atoms with Crippen LogP contribution in [0.3, 0.4) is 0 Å². The number of hydrogen-bond donors (Lipinski definition) is 1. The second-order valence-corrected chi connectivity index (χ2v) is 6.09. The lowest BCUT2D eigenvalue weighted by molar-refractivity contribution is -0.130. The van der Waals surface area contributed by atoms with E-state index in [9.17, 15) is 4.79 Å². The molecule has 0 aromatic carbocycles. The molecule has 3 nitrogen and oxygen atoms in total. The zero-order valence-electron chi connectivity index (χ0n) is 11.4. The molecule has 0 radical (unpaired) electrons. The Morgan fingerprint density at radius 1 is 1.47 bits per heavy atom. The van der Waals surface area contributed by atoms with Gasteiger partial charge in [0.05, 0.1) is 6.54 Å². The number of thiophene rings is 1. The molecule has 1 fully saturated rings. The molecule has 1 amide bonds. The third kappa shape index (κ3) is 5.51. The quantitative estimate of drug-likeness (QED) is 0.907. The highest BCUT2D eigenvalue weighted by Gasteiger charge is 2.16. The molecule has 0 atom stereocenters. The number of halogens is 1. The van der Waals surface area contributed by atoms with E-state index in [-0.39, 0.29) is 18.3 Å². The Morgan fingerprint density at radius 2 is 2.21 bits per heavy atom. The highest BCUT2D eigenvalue weighted by molar-refractivity contribution is 7.09. The molecule has 2 heterocycles. The van der Waals surface area contributed by atoms with Crippen LogP contribution >= 0.6 is 23.7 Å². The molecule has 2 rings (SSSR count). The van der Waals surface area contributed by atoms with Gasteiger partial charge in [0.25, 0.3) is 0 Å². The fourth-order valence-electron chi connectivity index (χ4n) is 2.41. The Labute approximate surface area is 125 Å². The van der Waals surface area contributed by atoms with E-state index < -0.39 is 0 Å². The van der Waals surface area contributed by atoms with Gasteiger partial charge in [-0.3, -0.25) is 4.79 Å². The predicted octanol–water partition coefficient (Wildman–Crippen LogP) is 2.91. The first kappa shape index (κ1) is 16.5. The topological polar surface area (TPSA) is 32.3 Å².